The Morgan fingerprint density at radius 2 is 1.88 bits per heavy atom. The van der Waals surface area contributed by atoms with Gasteiger partial charge in [0.2, 0.25) is 0 Å². The number of carbonyl (C=O) groups excluding carboxylic acids is 1. The van der Waals surface area contributed by atoms with Crippen molar-refractivity contribution >= 4 is 29.0 Å². The van der Waals surface area contributed by atoms with Crippen LogP contribution in [0.4, 0.5) is 4.79 Å². The number of hydrogen-bond acceptors (Lipinski definition) is 3. The number of halogens is 1. The molecule has 0 spiro atoms. The normalized spacial score (nSPS) is 12.2. The molecule has 6 heteroatoms. The number of nitrogens with one attached hydrogen (secondary N) is 1. The number of rotatable bonds is 7. The molecule has 24 heavy (non-hydrogen) atoms. The number of nitrogens with zero attached hydrogens (tertiary/aromatic N) is 2. The second-order valence-corrected chi connectivity index (χ2v) is 7.85. The number of amides is 2. The lowest BCUT2D eigenvalue weighted by Crippen LogP contribution is -2.45. The lowest BCUT2D eigenvalue weighted by atomic mass is 10.1. The van der Waals surface area contributed by atoms with Gasteiger partial charge in [-0.25, -0.2) is 4.79 Å². The zero-order chi connectivity index (χ0) is 17.5. The Bertz CT molecular complexity index is 645. The number of benzene rings is 1. The first kappa shape index (κ1) is 18.8. The summed E-state index contributed by atoms with van der Waals surface area (Å²) in [6, 6.07) is 14.3. The average Bonchev–Trinajstić information content (AvgIpc) is 2.96. The molecule has 2 rings (SSSR count). The van der Waals surface area contributed by atoms with Crippen molar-refractivity contribution in [2.24, 2.45) is 0 Å². The van der Waals surface area contributed by atoms with E-state index in [-0.39, 0.29) is 12.1 Å². The van der Waals surface area contributed by atoms with Gasteiger partial charge in [0, 0.05) is 24.5 Å². The maximum absolute atomic E-state index is 12.3. The van der Waals surface area contributed by atoms with Crippen molar-refractivity contribution in [1.29, 1.82) is 0 Å². The van der Waals surface area contributed by atoms with E-state index in [9.17, 15) is 4.79 Å². The van der Waals surface area contributed by atoms with Crippen LogP contribution >= 0.6 is 22.9 Å². The minimum absolute atomic E-state index is 0.0700. The molecule has 2 aromatic rings. The zero-order valence-corrected chi connectivity index (χ0v) is 15.9. The lowest BCUT2D eigenvalue weighted by molar-refractivity contribution is 0.200. The van der Waals surface area contributed by atoms with Crippen molar-refractivity contribution < 1.29 is 4.79 Å². The summed E-state index contributed by atoms with van der Waals surface area (Å²) in [5, 5.41) is 3.03. The Morgan fingerprint density at radius 3 is 2.46 bits per heavy atom. The molecule has 130 valence electrons. The van der Waals surface area contributed by atoms with Gasteiger partial charge in [0.05, 0.1) is 10.9 Å². The highest BCUT2D eigenvalue weighted by molar-refractivity contribution is 7.16. The van der Waals surface area contributed by atoms with Crippen LogP contribution < -0.4 is 5.32 Å². The van der Waals surface area contributed by atoms with E-state index in [2.05, 4.69) is 22.3 Å². The van der Waals surface area contributed by atoms with Crippen molar-refractivity contribution in [3.8, 4) is 0 Å². The van der Waals surface area contributed by atoms with E-state index in [1.54, 1.807) is 11.9 Å². The monoisotopic (exact) mass is 365 g/mol. The van der Waals surface area contributed by atoms with Gasteiger partial charge in [0.1, 0.15) is 0 Å². The molecule has 2 amide bonds. The molecule has 1 aromatic heterocycles. The zero-order valence-electron chi connectivity index (χ0n) is 14.3. The summed E-state index contributed by atoms with van der Waals surface area (Å²) in [4.78, 5) is 17.2. The third-order valence-electron chi connectivity index (χ3n) is 3.90. The summed E-state index contributed by atoms with van der Waals surface area (Å²) in [5.41, 5.74) is 1.27. The summed E-state index contributed by atoms with van der Waals surface area (Å²) in [6.45, 7) is 1.17. The molecule has 1 unspecified atom stereocenters. The van der Waals surface area contributed by atoms with E-state index in [1.807, 2.05) is 44.4 Å². The first-order valence-corrected chi connectivity index (χ1v) is 9.08. The van der Waals surface area contributed by atoms with E-state index < -0.39 is 0 Å². The van der Waals surface area contributed by atoms with E-state index >= 15 is 0 Å². The molecule has 1 atom stereocenters. The molecule has 0 saturated carbocycles. The Labute approximate surface area is 153 Å². The van der Waals surface area contributed by atoms with Crippen molar-refractivity contribution in [3.63, 3.8) is 0 Å². The van der Waals surface area contributed by atoms with Gasteiger partial charge in [-0.05, 0) is 38.2 Å². The van der Waals surface area contributed by atoms with Gasteiger partial charge in [-0.3, -0.25) is 0 Å². The molecule has 0 aliphatic heterocycles. The summed E-state index contributed by atoms with van der Waals surface area (Å²) >= 11 is 7.43. The van der Waals surface area contributed by atoms with Crippen LogP contribution in [0.25, 0.3) is 0 Å². The fourth-order valence-electron chi connectivity index (χ4n) is 2.41. The van der Waals surface area contributed by atoms with Crippen molar-refractivity contribution in [1.82, 2.24) is 15.1 Å². The predicted octanol–water partition coefficient (Wildman–Crippen LogP) is 3.72. The fraction of sp³-hybridized carbons (Fsp3) is 0.389. The molecular formula is C18H24ClN3OS. The molecule has 1 aromatic carbocycles. The van der Waals surface area contributed by atoms with Crippen LogP contribution in [-0.2, 0) is 13.0 Å². The topological polar surface area (TPSA) is 35.6 Å². The van der Waals surface area contributed by atoms with E-state index in [0.29, 0.717) is 13.1 Å². The molecular weight excluding hydrogens is 342 g/mol. The standard InChI is InChI=1S/C18H24ClN3OS/c1-21(2)15(11-14-7-5-4-6-8-14)12-20-18(23)22(3)13-16-9-10-17(19)24-16/h4-10,15H,11-13H2,1-3H3,(H,20,23). The molecule has 1 N–H and O–H groups in total. The molecule has 0 radical (unpaired) electrons. The average molecular weight is 366 g/mol. The molecule has 1 heterocycles. The van der Waals surface area contributed by atoms with Crippen LogP contribution in [0.2, 0.25) is 4.34 Å². The number of carbonyl (C=O) groups is 1. The van der Waals surface area contributed by atoms with Crippen LogP contribution in [0, 0.1) is 0 Å². The van der Waals surface area contributed by atoms with E-state index in [1.165, 1.54) is 16.9 Å². The van der Waals surface area contributed by atoms with Gasteiger partial charge in [-0.2, -0.15) is 0 Å². The van der Waals surface area contributed by atoms with Gasteiger partial charge < -0.3 is 15.1 Å². The number of thiophene rings is 1. The second kappa shape index (κ2) is 9.06. The second-order valence-electron chi connectivity index (χ2n) is 6.06. The first-order chi connectivity index (χ1) is 11.5. The van der Waals surface area contributed by atoms with Gasteiger partial charge in [-0.15, -0.1) is 11.3 Å². The highest BCUT2D eigenvalue weighted by Gasteiger charge is 2.16. The molecule has 4 nitrogen and oxygen atoms in total. The van der Waals surface area contributed by atoms with Crippen molar-refractivity contribution in [2.45, 2.75) is 19.0 Å². The largest absolute Gasteiger partial charge is 0.336 e. The minimum atomic E-state index is -0.0700. The number of urea groups is 1. The van der Waals surface area contributed by atoms with Crippen LogP contribution in [0.5, 0.6) is 0 Å². The van der Waals surface area contributed by atoms with Gasteiger partial charge in [0.15, 0.2) is 0 Å². The smallest absolute Gasteiger partial charge is 0.317 e. The predicted molar refractivity (Wildman–Crippen MR) is 102 cm³/mol. The summed E-state index contributed by atoms with van der Waals surface area (Å²) in [5.74, 6) is 0. The molecule has 0 aliphatic rings. The van der Waals surface area contributed by atoms with E-state index in [4.69, 9.17) is 11.6 Å². The molecule has 0 aliphatic carbocycles. The number of hydrogen-bond donors (Lipinski definition) is 1. The number of likely N-dealkylation sites (N-methyl/N-ethyl adjacent to an activating group) is 1. The lowest BCUT2D eigenvalue weighted by Gasteiger charge is -2.26. The minimum Gasteiger partial charge on any atom is -0.336 e. The van der Waals surface area contributed by atoms with Gasteiger partial charge >= 0.3 is 6.03 Å². The van der Waals surface area contributed by atoms with Crippen LogP contribution in [0.1, 0.15) is 10.4 Å². The Balaban J connectivity index is 1.85. The third-order valence-corrected chi connectivity index (χ3v) is 5.12. The molecule has 0 saturated heterocycles. The summed E-state index contributed by atoms with van der Waals surface area (Å²) in [7, 11) is 5.87. The highest BCUT2D eigenvalue weighted by atomic mass is 35.5. The van der Waals surface area contributed by atoms with Gasteiger partial charge in [0.25, 0.3) is 0 Å². The maximum atomic E-state index is 12.3. The first-order valence-electron chi connectivity index (χ1n) is 7.89. The quantitative estimate of drug-likeness (QED) is 0.811. The summed E-state index contributed by atoms with van der Waals surface area (Å²) in [6.07, 6.45) is 0.901. The van der Waals surface area contributed by atoms with Gasteiger partial charge in [-0.1, -0.05) is 41.9 Å². The molecule has 0 fully saturated rings. The highest BCUT2D eigenvalue weighted by Crippen LogP contribution is 2.22. The maximum Gasteiger partial charge on any atom is 0.317 e. The van der Waals surface area contributed by atoms with E-state index in [0.717, 1.165) is 15.6 Å². The third kappa shape index (κ3) is 5.82. The van der Waals surface area contributed by atoms with Crippen LogP contribution in [-0.4, -0.2) is 49.6 Å². The fourth-order valence-corrected chi connectivity index (χ4v) is 3.55. The Kier molecular flexibility index (Phi) is 7.09. The Hall–Kier alpha value is -1.56. The summed E-state index contributed by atoms with van der Waals surface area (Å²) < 4.78 is 0.745. The van der Waals surface area contributed by atoms with Crippen molar-refractivity contribution in [2.75, 3.05) is 27.7 Å². The van der Waals surface area contributed by atoms with Crippen molar-refractivity contribution in [3.05, 3.63) is 57.2 Å². The molecule has 0 bridgehead atoms. The van der Waals surface area contributed by atoms with Crippen LogP contribution in [0.15, 0.2) is 42.5 Å². The Morgan fingerprint density at radius 1 is 1.17 bits per heavy atom. The SMILES string of the molecule is CN(Cc1ccc(Cl)s1)C(=O)NCC(Cc1ccccc1)N(C)C. The van der Waals surface area contributed by atoms with Crippen LogP contribution in [0.3, 0.4) is 0 Å².